The number of anilines is 1. The molecule has 0 aliphatic carbocycles. The molecule has 1 unspecified atom stereocenters. The van der Waals surface area contributed by atoms with Gasteiger partial charge in [0.2, 0.25) is 0 Å². The summed E-state index contributed by atoms with van der Waals surface area (Å²) in [6, 6.07) is 17.6. The molecule has 40 heavy (non-hydrogen) atoms. The molecule has 0 spiro atoms. The van der Waals surface area contributed by atoms with E-state index in [1.807, 2.05) is 0 Å². The third-order valence-electron chi connectivity index (χ3n) is 6.34. The first-order valence-electron chi connectivity index (χ1n) is 12.4. The first-order valence-corrected chi connectivity index (χ1v) is 14.0. The van der Waals surface area contributed by atoms with E-state index in [1.54, 1.807) is 42.3 Å². The minimum absolute atomic E-state index is 0.0156. The number of halogens is 3. The minimum atomic E-state index is -4.57. The molecule has 8 nitrogen and oxygen atoms in total. The fourth-order valence-electron chi connectivity index (χ4n) is 4.29. The number of benzene rings is 3. The molecule has 1 aliphatic rings. The summed E-state index contributed by atoms with van der Waals surface area (Å²) in [5.74, 6) is -1.51. The molecule has 0 bridgehead atoms. The van der Waals surface area contributed by atoms with Gasteiger partial charge in [0.25, 0.3) is 0 Å². The molecule has 0 aromatic heterocycles. The highest BCUT2D eigenvalue weighted by Crippen LogP contribution is 2.33. The molecule has 4 rings (SSSR count). The molecule has 212 valence electrons. The zero-order valence-electron chi connectivity index (χ0n) is 21.6. The number of hydrogen-bond acceptors (Lipinski definition) is 7. The summed E-state index contributed by atoms with van der Waals surface area (Å²) in [5, 5.41) is 12.2. The van der Waals surface area contributed by atoms with Gasteiger partial charge in [-0.25, -0.2) is 8.42 Å². The van der Waals surface area contributed by atoms with Crippen molar-refractivity contribution in [2.24, 2.45) is 4.99 Å². The fourth-order valence-corrected chi connectivity index (χ4v) is 5.87. The molecule has 0 saturated carbocycles. The van der Waals surface area contributed by atoms with E-state index < -0.39 is 39.2 Å². The molecule has 1 atom stereocenters. The normalized spacial score (nSPS) is 14.5. The number of nitrogens with zero attached hydrogens (tertiary/aromatic N) is 2. The average Bonchev–Trinajstić information content (AvgIpc) is 3.30. The maximum atomic E-state index is 13.5. The summed E-state index contributed by atoms with van der Waals surface area (Å²) in [6.45, 7) is 1.02. The summed E-state index contributed by atoms with van der Waals surface area (Å²) in [6.07, 6.45) is -4.91. The van der Waals surface area contributed by atoms with Crippen molar-refractivity contribution in [2.45, 2.75) is 30.0 Å². The van der Waals surface area contributed by atoms with Crippen molar-refractivity contribution in [3.05, 3.63) is 89.5 Å². The van der Waals surface area contributed by atoms with E-state index in [-0.39, 0.29) is 34.9 Å². The van der Waals surface area contributed by atoms with Gasteiger partial charge in [-0.05, 0) is 53.6 Å². The van der Waals surface area contributed by atoms with Crippen LogP contribution in [0.2, 0.25) is 0 Å². The lowest BCUT2D eigenvalue weighted by Gasteiger charge is -2.18. The van der Waals surface area contributed by atoms with E-state index in [2.05, 4.69) is 10.3 Å². The van der Waals surface area contributed by atoms with Gasteiger partial charge in [-0.2, -0.15) is 13.2 Å². The van der Waals surface area contributed by atoms with Crippen LogP contribution in [0.5, 0.6) is 5.75 Å². The lowest BCUT2D eigenvalue weighted by atomic mass is 9.98. The SMILES string of the molecule is CN1CCN=C1Nc1cc(COc2ccc(S(=O)(=O)CC(CC(=O)O)c3ccccc3)cc2)cc(C(F)(F)F)c1. The topological polar surface area (TPSA) is 108 Å². The number of guanidine groups is 1. The Balaban J connectivity index is 1.47. The Morgan fingerprint density at radius 2 is 1.80 bits per heavy atom. The second-order valence-electron chi connectivity index (χ2n) is 9.42. The summed E-state index contributed by atoms with van der Waals surface area (Å²) < 4.78 is 72.4. The van der Waals surface area contributed by atoms with Crippen molar-refractivity contribution in [1.82, 2.24) is 4.90 Å². The molecule has 0 saturated heterocycles. The zero-order chi connectivity index (χ0) is 28.9. The lowest BCUT2D eigenvalue weighted by Crippen LogP contribution is -2.29. The molecular weight excluding hydrogens is 547 g/mol. The standard InChI is InChI=1S/C28H28F3N3O5S/c1-34-12-11-32-27(34)33-23-14-19(13-22(16-23)28(29,30)31)17-39-24-7-9-25(10-8-24)40(37,38)18-21(15-26(35)36)20-5-3-2-4-6-20/h2-10,13-14,16,21H,11-12,15,17-18H2,1H3,(H,32,33)(H,35,36). The summed E-state index contributed by atoms with van der Waals surface area (Å²) in [4.78, 5) is 17.4. The number of ether oxygens (including phenoxy) is 1. The van der Waals surface area contributed by atoms with Crippen molar-refractivity contribution < 1.29 is 36.2 Å². The Bertz CT molecular complexity index is 1480. The van der Waals surface area contributed by atoms with Crippen molar-refractivity contribution >= 4 is 27.5 Å². The third-order valence-corrected chi connectivity index (χ3v) is 8.17. The Kier molecular flexibility index (Phi) is 8.67. The molecule has 3 aromatic carbocycles. The Morgan fingerprint density at radius 3 is 2.40 bits per heavy atom. The van der Waals surface area contributed by atoms with E-state index in [9.17, 15) is 31.5 Å². The van der Waals surface area contributed by atoms with Crippen LogP contribution in [0.25, 0.3) is 0 Å². The molecule has 0 radical (unpaired) electrons. The van der Waals surface area contributed by atoms with Crippen LogP contribution in [0.15, 0.2) is 82.7 Å². The van der Waals surface area contributed by atoms with Crippen LogP contribution in [0, 0.1) is 0 Å². The highest BCUT2D eigenvalue weighted by Gasteiger charge is 2.31. The molecular formula is C28H28F3N3O5S. The van der Waals surface area contributed by atoms with Crippen molar-refractivity contribution in [3.63, 3.8) is 0 Å². The average molecular weight is 576 g/mol. The number of nitrogens with one attached hydrogen (secondary N) is 1. The zero-order valence-corrected chi connectivity index (χ0v) is 22.4. The highest BCUT2D eigenvalue weighted by molar-refractivity contribution is 7.91. The third kappa shape index (κ3) is 7.53. The predicted molar refractivity (Wildman–Crippen MR) is 144 cm³/mol. The van der Waals surface area contributed by atoms with E-state index in [1.165, 1.54) is 30.3 Å². The smallest absolute Gasteiger partial charge is 0.416 e. The van der Waals surface area contributed by atoms with Gasteiger partial charge < -0.3 is 20.1 Å². The number of aliphatic carboxylic acids is 1. The van der Waals surface area contributed by atoms with Crippen LogP contribution in [-0.2, 0) is 27.4 Å². The second kappa shape index (κ2) is 12.0. The fraction of sp³-hybridized carbons (Fsp3) is 0.286. The van der Waals surface area contributed by atoms with Gasteiger partial charge in [-0.15, -0.1) is 0 Å². The lowest BCUT2D eigenvalue weighted by molar-refractivity contribution is -0.138. The quantitative estimate of drug-likeness (QED) is 0.349. The van der Waals surface area contributed by atoms with Crippen LogP contribution in [0.3, 0.4) is 0 Å². The molecule has 0 fully saturated rings. The van der Waals surface area contributed by atoms with Crippen LogP contribution in [-0.4, -0.2) is 56.2 Å². The number of likely N-dealkylation sites (N-methyl/N-ethyl adjacent to an activating group) is 1. The van der Waals surface area contributed by atoms with E-state index in [4.69, 9.17) is 4.74 Å². The predicted octanol–water partition coefficient (Wildman–Crippen LogP) is 5.03. The first-order chi connectivity index (χ1) is 18.9. The molecule has 1 aliphatic heterocycles. The number of hydrogen-bond donors (Lipinski definition) is 2. The van der Waals surface area contributed by atoms with Gasteiger partial charge in [0, 0.05) is 25.2 Å². The van der Waals surface area contributed by atoms with Crippen LogP contribution in [0.4, 0.5) is 18.9 Å². The van der Waals surface area contributed by atoms with E-state index in [0.29, 0.717) is 24.6 Å². The van der Waals surface area contributed by atoms with Gasteiger partial charge in [-0.1, -0.05) is 30.3 Å². The Labute approximate surface area is 230 Å². The van der Waals surface area contributed by atoms with E-state index in [0.717, 1.165) is 12.1 Å². The summed E-state index contributed by atoms with van der Waals surface area (Å²) >= 11 is 0. The number of rotatable bonds is 10. The highest BCUT2D eigenvalue weighted by atomic mass is 32.2. The van der Waals surface area contributed by atoms with E-state index >= 15 is 0 Å². The molecule has 0 amide bonds. The largest absolute Gasteiger partial charge is 0.489 e. The number of carbonyl (C=O) groups is 1. The first kappa shape index (κ1) is 28.9. The van der Waals surface area contributed by atoms with Crippen molar-refractivity contribution in [2.75, 3.05) is 31.2 Å². The van der Waals surface area contributed by atoms with Gasteiger partial charge in [0.05, 0.1) is 29.2 Å². The van der Waals surface area contributed by atoms with Crippen molar-refractivity contribution in [1.29, 1.82) is 0 Å². The number of alkyl halides is 3. The number of carboxylic acids is 1. The number of sulfone groups is 1. The monoisotopic (exact) mass is 575 g/mol. The van der Waals surface area contributed by atoms with Crippen molar-refractivity contribution in [3.8, 4) is 5.75 Å². The van der Waals surface area contributed by atoms with Crippen LogP contribution >= 0.6 is 0 Å². The maximum absolute atomic E-state index is 13.5. The van der Waals surface area contributed by atoms with Crippen LogP contribution in [0.1, 0.15) is 29.0 Å². The van der Waals surface area contributed by atoms with Gasteiger partial charge >= 0.3 is 12.1 Å². The molecule has 3 aromatic rings. The summed E-state index contributed by atoms with van der Waals surface area (Å²) in [7, 11) is -2.06. The van der Waals surface area contributed by atoms with Crippen LogP contribution < -0.4 is 10.1 Å². The maximum Gasteiger partial charge on any atom is 0.416 e. The van der Waals surface area contributed by atoms with Gasteiger partial charge in [0.1, 0.15) is 12.4 Å². The molecule has 2 N–H and O–H groups in total. The summed E-state index contributed by atoms with van der Waals surface area (Å²) in [5.41, 5.74) is 0.245. The number of carboxylic acid groups (broad SMARTS) is 1. The van der Waals surface area contributed by atoms with Gasteiger partial charge in [0.15, 0.2) is 15.8 Å². The Morgan fingerprint density at radius 1 is 1.10 bits per heavy atom. The molecule has 12 heteroatoms. The van der Waals surface area contributed by atoms with Gasteiger partial charge in [-0.3, -0.25) is 9.79 Å². The number of aliphatic imine (C=N–C) groups is 1. The Hall–Kier alpha value is -4.06. The minimum Gasteiger partial charge on any atom is -0.489 e. The molecule has 1 heterocycles. The second-order valence-corrected chi connectivity index (χ2v) is 11.4.